The minimum absolute atomic E-state index is 0.111. The number of benzene rings is 2. The first kappa shape index (κ1) is 20.8. The minimum atomic E-state index is -3.51. The van der Waals surface area contributed by atoms with Crippen molar-refractivity contribution >= 4 is 33.2 Å². The monoisotopic (exact) mass is 420 g/mol. The van der Waals surface area contributed by atoms with Gasteiger partial charge in [-0.15, -0.1) is 0 Å². The summed E-state index contributed by atoms with van der Waals surface area (Å²) in [5.41, 5.74) is 2.52. The Morgan fingerprint density at radius 3 is 2.75 bits per heavy atom. The van der Waals surface area contributed by atoms with Gasteiger partial charge in [0.25, 0.3) is 0 Å². The van der Waals surface area contributed by atoms with Gasteiger partial charge in [-0.25, -0.2) is 12.7 Å². The second kappa shape index (κ2) is 9.07. The third kappa shape index (κ3) is 5.13. The molecule has 0 unspecified atom stereocenters. The molecule has 28 heavy (non-hydrogen) atoms. The van der Waals surface area contributed by atoms with Crippen LogP contribution in [0.4, 0.5) is 5.69 Å². The molecule has 0 aromatic heterocycles. The first-order valence-corrected chi connectivity index (χ1v) is 11.5. The summed E-state index contributed by atoms with van der Waals surface area (Å²) in [6.45, 7) is 2.69. The van der Waals surface area contributed by atoms with Crippen LogP contribution < -0.4 is 5.32 Å². The number of carbonyl (C=O) groups is 1. The predicted molar refractivity (Wildman–Crippen MR) is 113 cm³/mol. The van der Waals surface area contributed by atoms with E-state index < -0.39 is 10.0 Å². The van der Waals surface area contributed by atoms with E-state index in [0.717, 1.165) is 17.7 Å². The van der Waals surface area contributed by atoms with E-state index in [0.29, 0.717) is 30.0 Å². The Kier molecular flexibility index (Phi) is 6.75. The van der Waals surface area contributed by atoms with Gasteiger partial charge in [0, 0.05) is 23.8 Å². The molecule has 1 fully saturated rings. The van der Waals surface area contributed by atoms with E-state index in [2.05, 4.69) is 5.32 Å². The second-order valence-corrected chi connectivity index (χ2v) is 9.49. The molecule has 5 nitrogen and oxygen atoms in total. The lowest BCUT2D eigenvalue weighted by Gasteiger charge is -2.31. The smallest absolute Gasteiger partial charge is 0.228 e. The Morgan fingerprint density at radius 1 is 1.21 bits per heavy atom. The number of piperidine rings is 1. The van der Waals surface area contributed by atoms with Crippen molar-refractivity contribution in [3.8, 4) is 0 Å². The molecule has 1 atom stereocenters. The minimum Gasteiger partial charge on any atom is -0.326 e. The normalized spacial score (nSPS) is 18.0. The van der Waals surface area contributed by atoms with Gasteiger partial charge in [0.1, 0.15) is 0 Å². The average Bonchev–Trinajstić information content (AvgIpc) is 2.68. The van der Waals surface area contributed by atoms with E-state index in [1.165, 1.54) is 4.31 Å². The van der Waals surface area contributed by atoms with Crippen LogP contribution in [0.5, 0.6) is 0 Å². The first-order chi connectivity index (χ1) is 13.4. The number of hydrogen-bond acceptors (Lipinski definition) is 3. The fraction of sp³-hybridized carbons (Fsp3) is 0.381. The molecule has 0 spiro atoms. The van der Waals surface area contributed by atoms with Crippen molar-refractivity contribution in [2.75, 3.05) is 18.4 Å². The SMILES string of the molecule is CCc1ccccc1NC(=O)[C@@H]1CCCN(S(=O)(=O)Cc2cccc(Cl)c2)C1. The molecule has 150 valence electrons. The van der Waals surface area contributed by atoms with Crippen LogP contribution in [-0.4, -0.2) is 31.7 Å². The van der Waals surface area contributed by atoms with Crippen LogP contribution in [0.25, 0.3) is 0 Å². The number of aryl methyl sites for hydroxylation is 1. The van der Waals surface area contributed by atoms with Gasteiger partial charge in [0.15, 0.2) is 0 Å². The molecule has 0 radical (unpaired) electrons. The van der Waals surface area contributed by atoms with E-state index in [1.54, 1.807) is 24.3 Å². The largest absolute Gasteiger partial charge is 0.326 e. The number of rotatable bonds is 6. The standard InChI is InChI=1S/C21H25ClN2O3S/c1-2-17-8-3-4-11-20(17)23-21(25)18-9-6-12-24(14-18)28(26,27)15-16-7-5-10-19(22)13-16/h3-5,7-8,10-11,13,18H,2,6,9,12,14-15H2,1H3,(H,23,25)/t18-/m1/s1. The summed E-state index contributed by atoms with van der Waals surface area (Å²) >= 11 is 5.96. The second-order valence-electron chi connectivity index (χ2n) is 7.08. The van der Waals surface area contributed by atoms with Crippen LogP contribution in [0.1, 0.15) is 30.9 Å². The lowest BCUT2D eigenvalue weighted by Crippen LogP contribution is -2.44. The van der Waals surface area contributed by atoms with Gasteiger partial charge < -0.3 is 5.32 Å². The molecule has 1 saturated heterocycles. The van der Waals surface area contributed by atoms with Crippen molar-refractivity contribution < 1.29 is 13.2 Å². The summed E-state index contributed by atoms with van der Waals surface area (Å²) in [4.78, 5) is 12.8. The number of para-hydroxylation sites is 1. The summed E-state index contributed by atoms with van der Waals surface area (Å²) < 4.78 is 27.1. The molecular formula is C21H25ClN2O3S. The lowest BCUT2D eigenvalue weighted by molar-refractivity contribution is -0.120. The molecule has 1 N–H and O–H groups in total. The van der Waals surface area contributed by atoms with Crippen molar-refractivity contribution in [1.29, 1.82) is 0 Å². The van der Waals surface area contributed by atoms with E-state index in [9.17, 15) is 13.2 Å². The molecule has 7 heteroatoms. The van der Waals surface area contributed by atoms with Gasteiger partial charge in [-0.05, 0) is 48.6 Å². The Bertz CT molecular complexity index is 946. The molecule has 0 saturated carbocycles. The van der Waals surface area contributed by atoms with Crippen molar-refractivity contribution in [3.05, 3.63) is 64.7 Å². The van der Waals surface area contributed by atoms with Crippen LogP contribution in [-0.2, 0) is 27.0 Å². The highest BCUT2D eigenvalue weighted by molar-refractivity contribution is 7.88. The molecule has 1 heterocycles. The number of amides is 1. The number of halogens is 1. The van der Waals surface area contributed by atoms with E-state index in [4.69, 9.17) is 11.6 Å². The average molecular weight is 421 g/mol. The van der Waals surface area contributed by atoms with Crippen LogP contribution in [0.15, 0.2) is 48.5 Å². The number of anilines is 1. The Hall–Kier alpha value is -1.89. The third-order valence-corrected chi connectivity index (χ3v) is 7.09. The van der Waals surface area contributed by atoms with E-state index in [-0.39, 0.29) is 24.1 Å². The Balaban J connectivity index is 1.68. The van der Waals surface area contributed by atoms with Gasteiger partial charge in [-0.3, -0.25) is 4.79 Å². The molecule has 2 aromatic carbocycles. The number of nitrogens with zero attached hydrogens (tertiary/aromatic N) is 1. The Morgan fingerprint density at radius 2 is 2.00 bits per heavy atom. The summed E-state index contributed by atoms with van der Waals surface area (Å²) in [5, 5.41) is 3.49. The number of nitrogens with one attached hydrogen (secondary N) is 1. The molecule has 1 aliphatic rings. The maximum atomic E-state index is 12.8. The van der Waals surface area contributed by atoms with Gasteiger partial charge in [-0.2, -0.15) is 0 Å². The molecule has 1 aliphatic heterocycles. The molecule has 0 bridgehead atoms. The zero-order chi connectivity index (χ0) is 20.1. The number of hydrogen-bond donors (Lipinski definition) is 1. The van der Waals surface area contributed by atoms with Gasteiger partial charge >= 0.3 is 0 Å². The predicted octanol–water partition coefficient (Wildman–Crippen LogP) is 4.08. The molecular weight excluding hydrogens is 396 g/mol. The topological polar surface area (TPSA) is 66.5 Å². The first-order valence-electron chi connectivity index (χ1n) is 9.50. The molecule has 0 aliphatic carbocycles. The lowest BCUT2D eigenvalue weighted by atomic mass is 9.98. The molecule has 2 aromatic rings. The van der Waals surface area contributed by atoms with Gasteiger partial charge in [-0.1, -0.05) is 48.9 Å². The van der Waals surface area contributed by atoms with Crippen molar-refractivity contribution in [2.45, 2.75) is 31.9 Å². The highest BCUT2D eigenvalue weighted by Crippen LogP contribution is 2.24. The summed E-state index contributed by atoms with van der Waals surface area (Å²) in [7, 11) is -3.51. The maximum absolute atomic E-state index is 12.8. The number of carbonyl (C=O) groups excluding carboxylic acids is 1. The Labute approximate surface area is 171 Å². The van der Waals surface area contributed by atoms with Crippen LogP contribution in [0, 0.1) is 5.92 Å². The van der Waals surface area contributed by atoms with Crippen LogP contribution in [0.3, 0.4) is 0 Å². The van der Waals surface area contributed by atoms with Crippen molar-refractivity contribution in [1.82, 2.24) is 4.31 Å². The number of sulfonamides is 1. The highest BCUT2D eigenvalue weighted by Gasteiger charge is 2.32. The van der Waals surface area contributed by atoms with Gasteiger partial charge in [0.2, 0.25) is 15.9 Å². The zero-order valence-corrected chi connectivity index (χ0v) is 17.5. The van der Waals surface area contributed by atoms with Crippen LogP contribution in [0.2, 0.25) is 5.02 Å². The van der Waals surface area contributed by atoms with E-state index in [1.807, 2.05) is 31.2 Å². The summed E-state index contributed by atoms with van der Waals surface area (Å²) in [6, 6.07) is 14.6. The maximum Gasteiger partial charge on any atom is 0.228 e. The fourth-order valence-electron chi connectivity index (χ4n) is 3.52. The molecule has 1 amide bonds. The van der Waals surface area contributed by atoms with Crippen molar-refractivity contribution in [2.24, 2.45) is 5.92 Å². The van der Waals surface area contributed by atoms with Gasteiger partial charge in [0.05, 0.1) is 11.7 Å². The van der Waals surface area contributed by atoms with Crippen LogP contribution >= 0.6 is 11.6 Å². The summed E-state index contributed by atoms with van der Waals surface area (Å²) in [6.07, 6.45) is 2.17. The van der Waals surface area contributed by atoms with Crippen molar-refractivity contribution in [3.63, 3.8) is 0 Å². The highest BCUT2D eigenvalue weighted by atomic mass is 35.5. The zero-order valence-electron chi connectivity index (χ0n) is 15.9. The fourth-order valence-corrected chi connectivity index (χ4v) is 5.33. The quantitative estimate of drug-likeness (QED) is 0.765. The molecule has 3 rings (SSSR count). The third-order valence-electron chi connectivity index (χ3n) is 5.04. The summed E-state index contributed by atoms with van der Waals surface area (Å²) in [5.74, 6) is -0.586. The van der Waals surface area contributed by atoms with E-state index >= 15 is 0 Å².